The van der Waals surface area contributed by atoms with Crippen LogP contribution in [0.3, 0.4) is 0 Å². The van der Waals surface area contributed by atoms with Crippen molar-refractivity contribution < 1.29 is 26.3 Å². The van der Waals surface area contributed by atoms with E-state index in [0.29, 0.717) is 37.6 Å². The van der Waals surface area contributed by atoms with Crippen molar-refractivity contribution in [1.82, 2.24) is 9.97 Å². The van der Waals surface area contributed by atoms with E-state index in [1.807, 2.05) is 36.4 Å². The van der Waals surface area contributed by atoms with Crippen LogP contribution in [0.1, 0.15) is 0 Å². The molecule has 9 nitrogen and oxygen atoms in total. The number of methoxy groups -OCH3 is 2. The maximum atomic E-state index is 12.2. The lowest BCUT2D eigenvalue weighted by Crippen LogP contribution is -2.35. The minimum Gasteiger partial charge on any atom is -0.497 e. The summed E-state index contributed by atoms with van der Waals surface area (Å²) in [6.45, 7) is 0. The van der Waals surface area contributed by atoms with Crippen molar-refractivity contribution in [2.24, 2.45) is 0 Å². The molecular weight excluding hydrogens is 490 g/mol. The number of hydrogen-bond acceptors (Lipinski definition) is 8. The zero-order chi connectivity index (χ0) is 25.4. The molecule has 0 bridgehead atoms. The Morgan fingerprint density at radius 2 is 1.06 bits per heavy atom. The van der Waals surface area contributed by atoms with E-state index in [1.165, 1.54) is 12.1 Å². The first-order valence-electron chi connectivity index (χ1n) is 10.3. The van der Waals surface area contributed by atoms with Gasteiger partial charge in [-0.05, 0) is 66.7 Å². The van der Waals surface area contributed by atoms with E-state index >= 15 is 0 Å². The van der Waals surface area contributed by atoms with Gasteiger partial charge in [0.05, 0.1) is 54.8 Å². The molecule has 11 heteroatoms. The van der Waals surface area contributed by atoms with E-state index < -0.39 is 20.0 Å². The van der Waals surface area contributed by atoms with Gasteiger partial charge in [-0.1, -0.05) is 0 Å². The second-order valence-corrected chi connectivity index (χ2v) is 11.7. The number of ether oxygens (including phenoxy) is 2. The summed E-state index contributed by atoms with van der Waals surface area (Å²) in [6, 6.07) is 19.0. The average Bonchev–Trinajstić information content (AvgIpc) is 2.81. The quantitative estimate of drug-likeness (QED) is 0.367. The van der Waals surface area contributed by atoms with Gasteiger partial charge in [-0.2, -0.15) is 3.71 Å². The van der Waals surface area contributed by atoms with Crippen LogP contribution < -0.4 is 13.2 Å². The second kappa shape index (κ2) is 9.16. The monoisotopic (exact) mass is 513 g/mol. The van der Waals surface area contributed by atoms with E-state index in [1.54, 1.807) is 32.4 Å². The number of hydrogen-bond donors (Lipinski definition) is 0. The van der Waals surface area contributed by atoms with Crippen LogP contribution in [0, 0.1) is 0 Å². The first kappa shape index (κ1) is 24.4. The van der Waals surface area contributed by atoms with Crippen LogP contribution in [-0.4, -0.2) is 53.5 Å². The molecule has 0 fully saturated rings. The Labute approximate surface area is 204 Å². The van der Waals surface area contributed by atoms with E-state index in [-0.39, 0.29) is 5.69 Å². The largest absolute Gasteiger partial charge is 0.497 e. The Morgan fingerprint density at radius 1 is 0.629 bits per heavy atom. The predicted octanol–water partition coefficient (Wildman–Crippen LogP) is 3.71. The third kappa shape index (κ3) is 5.05. The van der Waals surface area contributed by atoms with Crippen molar-refractivity contribution >= 4 is 36.8 Å². The Balaban J connectivity index is 1.97. The molecule has 0 N–H and O–H groups in total. The van der Waals surface area contributed by atoms with Crippen molar-refractivity contribution in [3.05, 3.63) is 66.7 Å². The number of nitrogens with zero attached hydrogens (tertiary/aromatic N) is 3. The highest BCUT2D eigenvalue weighted by atomic mass is 32.3. The van der Waals surface area contributed by atoms with Crippen LogP contribution in [0.15, 0.2) is 66.7 Å². The van der Waals surface area contributed by atoms with Gasteiger partial charge in [-0.25, -0.2) is 26.8 Å². The lowest BCUT2D eigenvalue weighted by atomic mass is 10.0. The third-order valence-electron chi connectivity index (χ3n) is 5.19. The third-order valence-corrected chi connectivity index (χ3v) is 8.44. The van der Waals surface area contributed by atoms with Crippen LogP contribution in [-0.2, 0) is 20.0 Å². The summed E-state index contributed by atoms with van der Waals surface area (Å²) < 4.78 is 59.9. The zero-order valence-corrected chi connectivity index (χ0v) is 21.1. The standard InChI is InChI=1S/C24H23N3O6S2/c1-32-19-10-5-16(6-11-19)23-24(17-7-12-20(33-2)13-8-17)26-22-15-18(9-14-21(22)25-23)27(34(3,28)29)35(4,30)31/h5-15H,1-4H3. The molecule has 0 unspecified atom stereocenters. The van der Waals surface area contributed by atoms with Gasteiger partial charge in [0.15, 0.2) is 0 Å². The number of fused-ring (bicyclic) bond motifs is 1. The van der Waals surface area contributed by atoms with E-state index in [4.69, 9.17) is 19.4 Å². The van der Waals surface area contributed by atoms with Crippen molar-refractivity contribution in [3.8, 4) is 34.0 Å². The van der Waals surface area contributed by atoms with Crippen molar-refractivity contribution in [2.45, 2.75) is 0 Å². The van der Waals surface area contributed by atoms with Crippen LogP contribution >= 0.6 is 0 Å². The van der Waals surface area contributed by atoms with Crippen molar-refractivity contribution in [3.63, 3.8) is 0 Å². The highest BCUT2D eigenvalue weighted by Crippen LogP contribution is 2.34. The molecule has 35 heavy (non-hydrogen) atoms. The predicted molar refractivity (Wildman–Crippen MR) is 136 cm³/mol. The minimum atomic E-state index is -4.10. The Kier molecular flexibility index (Phi) is 6.39. The topological polar surface area (TPSA) is 116 Å². The van der Waals surface area contributed by atoms with Gasteiger partial charge in [0.25, 0.3) is 0 Å². The van der Waals surface area contributed by atoms with Gasteiger partial charge in [-0.3, -0.25) is 0 Å². The summed E-state index contributed by atoms with van der Waals surface area (Å²) in [5.41, 5.74) is 3.44. The molecule has 4 rings (SSSR count). The van der Waals surface area contributed by atoms with Crippen LogP contribution in [0.25, 0.3) is 33.5 Å². The lowest BCUT2D eigenvalue weighted by molar-refractivity contribution is 0.414. The summed E-state index contributed by atoms with van der Waals surface area (Å²) >= 11 is 0. The molecule has 0 aliphatic rings. The SMILES string of the molecule is COc1ccc(-c2nc3ccc(N(S(C)(=O)=O)S(C)(=O)=O)cc3nc2-c2ccc(OC)cc2)cc1. The van der Waals surface area contributed by atoms with Crippen LogP contribution in [0.4, 0.5) is 5.69 Å². The maximum absolute atomic E-state index is 12.2. The number of benzene rings is 3. The highest BCUT2D eigenvalue weighted by Gasteiger charge is 2.28. The molecule has 0 saturated heterocycles. The van der Waals surface area contributed by atoms with Gasteiger partial charge < -0.3 is 9.47 Å². The molecular formula is C24H23N3O6S2. The van der Waals surface area contributed by atoms with E-state index in [0.717, 1.165) is 23.6 Å². The van der Waals surface area contributed by atoms with Crippen molar-refractivity contribution in [1.29, 1.82) is 0 Å². The van der Waals surface area contributed by atoms with Gasteiger partial charge >= 0.3 is 0 Å². The first-order valence-corrected chi connectivity index (χ1v) is 14.0. The maximum Gasteiger partial charge on any atom is 0.245 e. The fraction of sp³-hybridized carbons (Fsp3) is 0.167. The molecule has 1 heterocycles. The van der Waals surface area contributed by atoms with Gasteiger partial charge in [0.2, 0.25) is 20.0 Å². The van der Waals surface area contributed by atoms with Crippen LogP contribution in [0.2, 0.25) is 0 Å². The zero-order valence-electron chi connectivity index (χ0n) is 19.5. The van der Waals surface area contributed by atoms with E-state index in [2.05, 4.69) is 0 Å². The highest BCUT2D eigenvalue weighted by molar-refractivity contribution is 8.09. The number of rotatable bonds is 7. The first-order chi connectivity index (χ1) is 16.5. The summed E-state index contributed by atoms with van der Waals surface area (Å²) in [7, 11) is -5.04. The van der Waals surface area contributed by atoms with Crippen molar-refractivity contribution in [2.75, 3.05) is 30.4 Å². The fourth-order valence-corrected chi connectivity index (χ4v) is 6.65. The normalized spacial score (nSPS) is 11.9. The lowest BCUT2D eigenvalue weighted by Gasteiger charge is -2.20. The minimum absolute atomic E-state index is 0.0466. The summed E-state index contributed by atoms with van der Waals surface area (Å²) in [5.74, 6) is 1.37. The summed E-state index contributed by atoms with van der Waals surface area (Å²) in [6.07, 6.45) is 1.67. The van der Waals surface area contributed by atoms with Crippen LogP contribution in [0.5, 0.6) is 11.5 Å². The Hall–Kier alpha value is -3.70. The molecule has 0 amide bonds. The molecule has 0 aliphatic heterocycles. The second-order valence-electron chi connectivity index (χ2n) is 7.77. The molecule has 0 atom stereocenters. The molecule has 1 aromatic heterocycles. The van der Waals surface area contributed by atoms with Gasteiger partial charge in [-0.15, -0.1) is 0 Å². The van der Waals surface area contributed by atoms with Gasteiger partial charge in [0.1, 0.15) is 11.5 Å². The summed E-state index contributed by atoms with van der Waals surface area (Å²) in [4.78, 5) is 9.57. The smallest absolute Gasteiger partial charge is 0.245 e. The Bertz CT molecular complexity index is 1570. The Morgan fingerprint density at radius 3 is 1.46 bits per heavy atom. The molecule has 0 radical (unpaired) electrons. The molecule has 4 aromatic rings. The molecule has 0 spiro atoms. The van der Waals surface area contributed by atoms with E-state index in [9.17, 15) is 16.8 Å². The molecule has 0 saturated carbocycles. The number of aromatic nitrogens is 2. The number of anilines is 1. The summed E-state index contributed by atoms with van der Waals surface area (Å²) in [5, 5.41) is 0. The number of sulfonamides is 2. The fourth-order valence-electron chi connectivity index (χ4n) is 3.69. The molecule has 0 aliphatic carbocycles. The molecule has 3 aromatic carbocycles. The average molecular weight is 514 g/mol. The van der Waals surface area contributed by atoms with Gasteiger partial charge in [0, 0.05) is 11.1 Å². The molecule has 182 valence electrons.